The second kappa shape index (κ2) is 7.03. The van der Waals surface area contributed by atoms with Crippen molar-refractivity contribution in [3.8, 4) is 11.1 Å². The Bertz CT molecular complexity index is 1020. The highest BCUT2D eigenvalue weighted by molar-refractivity contribution is 6.31. The third-order valence-electron chi connectivity index (χ3n) is 6.84. The smallest absolute Gasteiger partial charge is 0.159 e. The number of hydrogen-bond donors (Lipinski definition) is 0. The molecule has 3 atom stereocenters. The van der Waals surface area contributed by atoms with E-state index >= 15 is 0 Å². The standard InChI is InChI=1S/C24H26ClN3O/c1-3-29-22-6-7-23(24(12-22)27-13-16(2)28-24)10-18-5-4-17(8-19(18)11-23)20-9-21(25)15-26-14-20/h4-5,8-9,13-15,22H,3,6-7,10-12H2,1-2H3. The Kier molecular flexibility index (Phi) is 4.60. The number of aliphatic imine (C=N–C) groups is 2. The Morgan fingerprint density at radius 1 is 1.14 bits per heavy atom. The van der Waals surface area contributed by atoms with Crippen molar-refractivity contribution >= 4 is 23.5 Å². The first-order valence-electron chi connectivity index (χ1n) is 10.5. The van der Waals surface area contributed by atoms with E-state index in [-0.39, 0.29) is 17.2 Å². The highest BCUT2D eigenvalue weighted by atomic mass is 35.5. The first kappa shape index (κ1) is 19.0. The maximum Gasteiger partial charge on any atom is 0.159 e. The highest BCUT2D eigenvalue weighted by Crippen LogP contribution is 2.57. The zero-order valence-corrected chi connectivity index (χ0v) is 17.7. The summed E-state index contributed by atoms with van der Waals surface area (Å²) >= 11 is 6.16. The molecule has 0 radical (unpaired) electrons. The van der Waals surface area contributed by atoms with E-state index in [4.69, 9.17) is 26.3 Å². The molecule has 150 valence electrons. The molecule has 3 aliphatic rings. The molecule has 5 heteroatoms. The molecule has 1 aromatic heterocycles. The molecule has 0 saturated heterocycles. The van der Waals surface area contributed by atoms with E-state index in [1.54, 1.807) is 6.20 Å². The van der Waals surface area contributed by atoms with E-state index in [0.717, 1.165) is 50.0 Å². The van der Waals surface area contributed by atoms with Crippen molar-refractivity contribution in [3.05, 3.63) is 52.8 Å². The number of halogens is 1. The molecule has 1 saturated carbocycles. The SMILES string of the molecule is CCOC1CCC2(Cc3ccc(-c4cncc(Cl)c4)cc3C2)C2(C1)N=CC(C)=N2. The van der Waals surface area contributed by atoms with Gasteiger partial charge in [0.05, 0.1) is 16.8 Å². The lowest BCUT2D eigenvalue weighted by atomic mass is 9.63. The molecule has 2 heterocycles. The summed E-state index contributed by atoms with van der Waals surface area (Å²) in [6, 6.07) is 8.76. The van der Waals surface area contributed by atoms with Gasteiger partial charge in [-0.05, 0) is 62.3 Å². The van der Waals surface area contributed by atoms with Crippen molar-refractivity contribution in [2.45, 2.75) is 57.7 Å². The lowest BCUT2D eigenvalue weighted by Crippen LogP contribution is -2.52. The number of benzene rings is 1. The van der Waals surface area contributed by atoms with Crippen LogP contribution in [0.25, 0.3) is 11.1 Å². The Balaban J connectivity index is 1.50. The Labute approximate surface area is 177 Å². The normalized spacial score (nSPS) is 30.2. The van der Waals surface area contributed by atoms with Gasteiger partial charge < -0.3 is 4.74 Å². The largest absolute Gasteiger partial charge is 0.378 e. The number of hydrogen-bond acceptors (Lipinski definition) is 4. The maximum absolute atomic E-state index is 6.16. The average Bonchev–Trinajstić information content (AvgIpc) is 3.26. The third kappa shape index (κ3) is 3.13. The summed E-state index contributed by atoms with van der Waals surface area (Å²) in [5.74, 6) is 0. The highest BCUT2D eigenvalue weighted by Gasteiger charge is 2.58. The number of fused-ring (bicyclic) bond motifs is 2. The quantitative estimate of drug-likeness (QED) is 0.691. The van der Waals surface area contributed by atoms with E-state index in [0.29, 0.717) is 5.02 Å². The molecular weight excluding hydrogens is 382 g/mol. The van der Waals surface area contributed by atoms with Crippen LogP contribution >= 0.6 is 11.6 Å². The third-order valence-corrected chi connectivity index (χ3v) is 7.04. The molecule has 2 aliphatic carbocycles. The predicted molar refractivity (Wildman–Crippen MR) is 118 cm³/mol. The van der Waals surface area contributed by atoms with Gasteiger partial charge in [0.25, 0.3) is 0 Å². The maximum atomic E-state index is 6.16. The summed E-state index contributed by atoms with van der Waals surface area (Å²) < 4.78 is 6.01. The van der Waals surface area contributed by atoms with Gasteiger partial charge in [-0.2, -0.15) is 0 Å². The van der Waals surface area contributed by atoms with Crippen molar-refractivity contribution < 1.29 is 4.74 Å². The lowest BCUT2D eigenvalue weighted by molar-refractivity contribution is -0.0383. The minimum Gasteiger partial charge on any atom is -0.378 e. The lowest BCUT2D eigenvalue weighted by Gasteiger charge is -2.48. The fraction of sp³-hybridized carbons (Fsp3) is 0.458. The molecule has 2 spiro atoms. The van der Waals surface area contributed by atoms with Crippen molar-refractivity contribution in [1.82, 2.24) is 4.98 Å². The molecule has 1 fully saturated rings. The zero-order chi connectivity index (χ0) is 20.1. The molecule has 5 rings (SSSR count). The Morgan fingerprint density at radius 2 is 2.00 bits per heavy atom. The molecule has 1 aliphatic heterocycles. The van der Waals surface area contributed by atoms with Crippen molar-refractivity contribution in [3.63, 3.8) is 0 Å². The van der Waals surface area contributed by atoms with Crippen LogP contribution in [0.2, 0.25) is 5.02 Å². The van der Waals surface area contributed by atoms with Gasteiger partial charge in [0.15, 0.2) is 5.66 Å². The van der Waals surface area contributed by atoms with E-state index in [9.17, 15) is 0 Å². The number of ether oxygens (including phenoxy) is 1. The van der Waals surface area contributed by atoms with Crippen molar-refractivity contribution in [2.75, 3.05) is 6.61 Å². The fourth-order valence-corrected chi connectivity index (χ4v) is 5.69. The van der Waals surface area contributed by atoms with Crippen LogP contribution < -0.4 is 0 Å². The average molecular weight is 408 g/mol. The number of rotatable bonds is 3. The summed E-state index contributed by atoms with van der Waals surface area (Å²) in [4.78, 5) is 14.4. The van der Waals surface area contributed by atoms with E-state index in [1.807, 2.05) is 18.5 Å². The molecule has 3 unspecified atom stereocenters. The van der Waals surface area contributed by atoms with Crippen LogP contribution in [0, 0.1) is 5.41 Å². The first-order valence-corrected chi connectivity index (χ1v) is 10.9. The van der Waals surface area contributed by atoms with Crippen LogP contribution in [-0.2, 0) is 17.6 Å². The first-order chi connectivity index (χ1) is 14.0. The van der Waals surface area contributed by atoms with E-state index in [2.05, 4.69) is 37.0 Å². The van der Waals surface area contributed by atoms with Crippen LogP contribution in [0.1, 0.15) is 44.2 Å². The van der Waals surface area contributed by atoms with Crippen molar-refractivity contribution in [2.24, 2.45) is 15.4 Å². The molecular formula is C24H26ClN3O. The van der Waals surface area contributed by atoms with Crippen LogP contribution in [0.4, 0.5) is 0 Å². The van der Waals surface area contributed by atoms with E-state index < -0.39 is 0 Å². The summed E-state index contributed by atoms with van der Waals surface area (Å²) in [6.45, 7) is 4.88. The molecule has 1 aromatic carbocycles. The predicted octanol–water partition coefficient (Wildman–Crippen LogP) is 5.32. The van der Waals surface area contributed by atoms with Crippen molar-refractivity contribution in [1.29, 1.82) is 0 Å². The van der Waals surface area contributed by atoms with Gasteiger partial charge in [-0.15, -0.1) is 0 Å². The van der Waals surface area contributed by atoms with Crippen LogP contribution in [-0.4, -0.2) is 35.3 Å². The van der Waals surface area contributed by atoms with Gasteiger partial charge in [0, 0.05) is 42.6 Å². The molecule has 0 bridgehead atoms. The van der Waals surface area contributed by atoms with Crippen LogP contribution in [0.3, 0.4) is 0 Å². The summed E-state index contributed by atoms with van der Waals surface area (Å²) in [6.07, 6.45) is 10.9. The van der Waals surface area contributed by atoms with Crippen LogP contribution in [0.15, 0.2) is 46.6 Å². The van der Waals surface area contributed by atoms with Gasteiger partial charge in [-0.1, -0.05) is 29.8 Å². The molecule has 0 amide bonds. The zero-order valence-electron chi connectivity index (χ0n) is 17.0. The second-order valence-electron chi connectivity index (χ2n) is 8.66. The topological polar surface area (TPSA) is 46.8 Å². The van der Waals surface area contributed by atoms with Crippen LogP contribution in [0.5, 0.6) is 0 Å². The monoisotopic (exact) mass is 407 g/mol. The molecule has 29 heavy (non-hydrogen) atoms. The minimum absolute atomic E-state index is 0.0440. The molecule has 2 aromatic rings. The summed E-state index contributed by atoms with van der Waals surface area (Å²) in [5, 5.41) is 0.665. The summed E-state index contributed by atoms with van der Waals surface area (Å²) in [5.41, 5.74) is 5.75. The van der Waals surface area contributed by atoms with Gasteiger partial charge in [-0.25, -0.2) is 0 Å². The minimum atomic E-state index is -0.383. The Morgan fingerprint density at radius 3 is 2.76 bits per heavy atom. The fourth-order valence-electron chi connectivity index (χ4n) is 5.52. The number of aromatic nitrogens is 1. The molecule has 4 nitrogen and oxygen atoms in total. The van der Waals surface area contributed by atoms with Gasteiger partial charge in [0.2, 0.25) is 0 Å². The van der Waals surface area contributed by atoms with E-state index in [1.165, 1.54) is 16.7 Å². The van der Waals surface area contributed by atoms with Gasteiger partial charge in [0.1, 0.15) is 0 Å². The van der Waals surface area contributed by atoms with Gasteiger partial charge >= 0.3 is 0 Å². The molecule has 0 N–H and O–H groups in total. The second-order valence-corrected chi connectivity index (χ2v) is 9.09. The number of pyridine rings is 1. The van der Waals surface area contributed by atoms with Gasteiger partial charge in [-0.3, -0.25) is 15.0 Å². The summed E-state index contributed by atoms with van der Waals surface area (Å²) in [7, 11) is 0. The Hall–Kier alpha value is -2.04. The number of nitrogens with zero attached hydrogens (tertiary/aromatic N) is 3.